The van der Waals surface area contributed by atoms with Gasteiger partial charge in [0.05, 0.1) is 18.7 Å². The van der Waals surface area contributed by atoms with Crippen LogP contribution in [0.25, 0.3) is 0 Å². The van der Waals surface area contributed by atoms with E-state index in [2.05, 4.69) is 10.5 Å². The Kier molecular flexibility index (Phi) is 5.93. The minimum Gasteiger partial charge on any atom is -0.497 e. The van der Waals surface area contributed by atoms with Crippen LogP contribution < -0.4 is 14.8 Å². The minimum absolute atomic E-state index is 0.0806. The summed E-state index contributed by atoms with van der Waals surface area (Å²) < 4.78 is 29.0. The molecule has 146 valence electrons. The summed E-state index contributed by atoms with van der Waals surface area (Å²) in [5, 5.41) is 6.77. The highest BCUT2D eigenvalue weighted by Crippen LogP contribution is 2.21. The summed E-state index contributed by atoms with van der Waals surface area (Å²) in [5.74, 6) is 0.966. The van der Waals surface area contributed by atoms with Crippen LogP contribution in [-0.2, 0) is 6.61 Å². The Morgan fingerprint density at radius 1 is 1.21 bits per heavy atom. The van der Waals surface area contributed by atoms with Gasteiger partial charge in [0.15, 0.2) is 5.69 Å². The zero-order valence-corrected chi connectivity index (χ0v) is 15.9. The maximum atomic E-state index is 13.0. The number of aromatic nitrogens is 1. The lowest BCUT2D eigenvalue weighted by atomic mass is 10.1. The first kappa shape index (κ1) is 19.4. The van der Waals surface area contributed by atoms with Crippen LogP contribution in [0.1, 0.15) is 40.3 Å². The van der Waals surface area contributed by atoms with Crippen LogP contribution >= 0.6 is 0 Å². The maximum absolute atomic E-state index is 13.0. The van der Waals surface area contributed by atoms with E-state index in [0.29, 0.717) is 22.8 Å². The molecule has 3 aromatic rings. The highest BCUT2D eigenvalue weighted by Gasteiger charge is 2.22. The second-order valence-corrected chi connectivity index (χ2v) is 6.28. The monoisotopic (exact) mass is 384 g/mol. The van der Waals surface area contributed by atoms with E-state index in [4.69, 9.17) is 14.0 Å². The van der Waals surface area contributed by atoms with Gasteiger partial charge in [-0.25, -0.2) is 4.39 Å². The first-order valence-electron chi connectivity index (χ1n) is 8.76. The van der Waals surface area contributed by atoms with E-state index in [1.54, 1.807) is 14.0 Å². The molecule has 0 aliphatic carbocycles. The summed E-state index contributed by atoms with van der Waals surface area (Å²) in [5.41, 5.74) is 1.60. The van der Waals surface area contributed by atoms with Crippen LogP contribution in [0.4, 0.5) is 4.39 Å². The van der Waals surface area contributed by atoms with Crippen molar-refractivity contribution in [3.63, 3.8) is 0 Å². The van der Waals surface area contributed by atoms with E-state index in [-0.39, 0.29) is 30.1 Å². The fourth-order valence-electron chi connectivity index (χ4n) is 2.69. The van der Waals surface area contributed by atoms with Gasteiger partial charge in [-0.1, -0.05) is 17.3 Å². The first-order chi connectivity index (χ1) is 13.5. The zero-order chi connectivity index (χ0) is 20.1. The molecule has 2 aromatic carbocycles. The molecule has 0 radical (unpaired) electrons. The van der Waals surface area contributed by atoms with Gasteiger partial charge < -0.3 is 19.3 Å². The number of hydrogen-bond acceptors (Lipinski definition) is 5. The summed E-state index contributed by atoms with van der Waals surface area (Å²) >= 11 is 0. The molecule has 0 saturated heterocycles. The molecule has 0 aliphatic heterocycles. The van der Waals surface area contributed by atoms with Crippen molar-refractivity contribution >= 4 is 5.91 Å². The Morgan fingerprint density at radius 2 is 1.96 bits per heavy atom. The SMILES string of the molecule is COc1cccc(C(C)NC(=O)c2noc(C)c2COc2ccc(F)cc2)c1. The molecule has 28 heavy (non-hydrogen) atoms. The summed E-state index contributed by atoms with van der Waals surface area (Å²) in [6.45, 7) is 3.66. The number of halogens is 1. The number of rotatable bonds is 7. The van der Waals surface area contributed by atoms with Gasteiger partial charge in [-0.15, -0.1) is 0 Å². The molecule has 0 spiro atoms. The molecule has 0 aliphatic rings. The lowest BCUT2D eigenvalue weighted by Gasteiger charge is -2.15. The predicted octanol–water partition coefficient (Wildman–Crippen LogP) is 4.20. The molecule has 7 heteroatoms. The second kappa shape index (κ2) is 8.56. The summed E-state index contributed by atoms with van der Waals surface area (Å²) in [6, 6.07) is 12.8. The largest absolute Gasteiger partial charge is 0.497 e. The van der Waals surface area contributed by atoms with Crippen molar-refractivity contribution in [1.29, 1.82) is 0 Å². The number of carbonyl (C=O) groups is 1. The third kappa shape index (κ3) is 4.49. The second-order valence-electron chi connectivity index (χ2n) is 6.28. The molecule has 0 saturated carbocycles. The molecule has 0 fully saturated rings. The standard InChI is InChI=1S/C21H21FN2O4/c1-13(15-5-4-6-18(11-15)26-3)23-21(25)20-19(14(2)28-24-20)12-27-17-9-7-16(22)8-10-17/h4-11,13H,12H2,1-3H3,(H,23,25). The van der Waals surface area contributed by atoms with Crippen LogP contribution in [0.5, 0.6) is 11.5 Å². The smallest absolute Gasteiger partial charge is 0.274 e. The van der Waals surface area contributed by atoms with Crippen LogP contribution in [0.3, 0.4) is 0 Å². The van der Waals surface area contributed by atoms with Crippen LogP contribution in [-0.4, -0.2) is 18.2 Å². The summed E-state index contributed by atoms with van der Waals surface area (Å²) in [4.78, 5) is 12.7. The lowest BCUT2D eigenvalue weighted by molar-refractivity contribution is 0.0928. The molecular formula is C21H21FN2O4. The third-order valence-corrected chi connectivity index (χ3v) is 4.34. The van der Waals surface area contributed by atoms with Gasteiger partial charge in [-0.2, -0.15) is 0 Å². The van der Waals surface area contributed by atoms with Crippen molar-refractivity contribution in [3.8, 4) is 11.5 Å². The minimum atomic E-state index is -0.370. The molecule has 1 unspecified atom stereocenters. The number of nitrogens with zero attached hydrogens (tertiary/aromatic N) is 1. The number of ether oxygens (including phenoxy) is 2. The fourth-order valence-corrected chi connectivity index (χ4v) is 2.69. The number of amides is 1. The molecular weight excluding hydrogens is 363 g/mol. The Hall–Kier alpha value is -3.35. The van der Waals surface area contributed by atoms with Gasteiger partial charge in [-0.3, -0.25) is 4.79 Å². The summed E-state index contributed by atoms with van der Waals surface area (Å²) in [6.07, 6.45) is 0. The normalized spacial score (nSPS) is 11.7. The number of methoxy groups -OCH3 is 1. The Balaban J connectivity index is 1.70. The first-order valence-corrected chi connectivity index (χ1v) is 8.76. The van der Waals surface area contributed by atoms with Crippen molar-refractivity contribution in [1.82, 2.24) is 10.5 Å². The fraction of sp³-hybridized carbons (Fsp3) is 0.238. The molecule has 1 aromatic heterocycles. The van der Waals surface area contributed by atoms with Gasteiger partial charge in [0.25, 0.3) is 5.91 Å². The number of benzene rings is 2. The van der Waals surface area contributed by atoms with E-state index in [1.807, 2.05) is 31.2 Å². The van der Waals surface area contributed by atoms with Crippen LogP contribution in [0.2, 0.25) is 0 Å². The highest BCUT2D eigenvalue weighted by molar-refractivity contribution is 5.94. The van der Waals surface area contributed by atoms with Gasteiger partial charge in [0, 0.05) is 0 Å². The van der Waals surface area contributed by atoms with E-state index < -0.39 is 0 Å². The van der Waals surface area contributed by atoms with Crippen molar-refractivity contribution < 1.29 is 23.2 Å². The average molecular weight is 384 g/mol. The van der Waals surface area contributed by atoms with Crippen molar-refractivity contribution in [2.45, 2.75) is 26.5 Å². The number of nitrogens with one attached hydrogen (secondary N) is 1. The van der Waals surface area contributed by atoms with E-state index in [9.17, 15) is 9.18 Å². The number of aryl methyl sites for hydroxylation is 1. The lowest BCUT2D eigenvalue weighted by Crippen LogP contribution is -2.28. The molecule has 1 atom stereocenters. The van der Waals surface area contributed by atoms with Gasteiger partial charge in [0.1, 0.15) is 29.7 Å². The highest BCUT2D eigenvalue weighted by atomic mass is 19.1. The Morgan fingerprint density at radius 3 is 2.68 bits per heavy atom. The summed E-state index contributed by atoms with van der Waals surface area (Å²) in [7, 11) is 1.59. The Bertz CT molecular complexity index is 953. The van der Waals surface area contributed by atoms with E-state index >= 15 is 0 Å². The molecule has 3 rings (SSSR count). The van der Waals surface area contributed by atoms with E-state index in [0.717, 1.165) is 5.56 Å². The molecule has 1 amide bonds. The zero-order valence-electron chi connectivity index (χ0n) is 15.9. The van der Waals surface area contributed by atoms with Gasteiger partial charge in [0.2, 0.25) is 0 Å². The Labute approximate surface area is 162 Å². The number of carbonyl (C=O) groups excluding carboxylic acids is 1. The van der Waals surface area contributed by atoms with Crippen LogP contribution in [0, 0.1) is 12.7 Å². The predicted molar refractivity (Wildman–Crippen MR) is 101 cm³/mol. The molecule has 1 N–H and O–H groups in total. The average Bonchev–Trinajstić information content (AvgIpc) is 3.08. The third-order valence-electron chi connectivity index (χ3n) is 4.34. The van der Waals surface area contributed by atoms with Gasteiger partial charge in [-0.05, 0) is 55.8 Å². The van der Waals surface area contributed by atoms with Crippen molar-refractivity contribution in [2.75, 3.05) is 7.11 Å². The maximum Gasteiger partial charge on any atom is 0.274 e. The molecule has 0 bridgehead atoms. The molecule has 6 nitrogen and oxygen atoms in total. The molecule has 1 heterocycles. The van der Waals surface area contributed by atoms with E-state index in [1.165, 1.54) is 24.3 Å². The van der Waals surface area contributed by atoms with Crippen molar-refractivity contribution in [3.05, 3.63) is 76.9 Å². The van der Waals surface area contributed by atoms with Crippen LogP contribution in [0.15, 0.2) is 53.1 Å². The van der Waals surface area contributed by atoms with Crippen molar-refractivity contribution in [2.24, 2.45) is 0 Å². The van der Waals surface area contributed by atoms with Gasteiger partial charge >= 0.3 is 0 Å². The topological polar surface area (TPSA) is 73.6 Å². The number of hydrogen-bond donors (Lipinski definition) is 1. The quantitative estimate of drug-likeness (QED) is 0.661.